The molecule has 2 N–H and O–H groups in total. The first-order valence-corrected chi connectivity index (χ1v) is 8.24. The van der Waals surface area contributed by atoms with Crippen LogP contribution in [-0.4, -0.2) is 55.9 Å². The van der Waals surface area contributed by atoms with Gasteiger partial charge in [0.15, 0.2) is 0 Å². The minimum atomic E-state index is -1.10. The second kappa shape index (κ2) is 7.16. The number of aliphatic hydroxyl groups excluding tert-OH is 1. The zero-order valence-corrected chi connectivity index (χ0v) is 13.8. The van der Waals surface area contributed by atoms with E-state index in [4.69, 9.17) is 5.11 Å². The van der Waals surface area contributed by atoms with Gasteiger partial charge in [-0.25, -0.2) is 4.98 Å². The summed E-state index contributed by atoms with van der Waals surface area (Å²) in [6, 6.07) is 10.8. The van der Waals surface area contributed by atoms with E-state index in [2.05, 4.69) is 4.98 Å². The minimum absolute atomic E-state index is 0.0849. The molecule has 1 fully saturated rings. The van der Waals surface area contributed by atoms with E-state index >= 15 is 0 Å². The minimum Gasteiger partial charge on any atom is -0.393 e. The van der Waals surface area contributed by atoms with E-state index in [0.717, 1.165) is 5.56 Å². The van der Waals surface area contributed by atoms with Crippen LogP contribution in [0.5, 0.6) is 0 Å². The Kier molecular flexibility index (Phi) is 4.96. The van der Waals surface area contributed by atoms with Crippen LogP contribution >= 0.6 is 0 Å². The molecule has 0 bridgehead atoms. The van der Waals surface area contributed by atoms with Gasteiger partial charge in [-0.1, -0.05) is 30.3 Å². The van der Waals surface area contributed by atoms with E-state index < -0.39 is 5.60 Å². The van der Waals surface area contributed by atoms with E-state index in [1.54, 1.807) is 4.90 Å². The Morgan fingerprint density at radius 3 is 2.48 bits per heavy atom. The lowest BCUT2D eigenvalue weighted by molar-refractivity contribution is -0.137. The van der Waals surface area contributed by atoms with Gasteiger partial charge in [0.05, 0.1) is 24.2 Å². The van der Waals surface area contributed by atoms with Crippen molar-refractivity contribution in [2.24, 2.45) is 0 Å². The quantitative estimate of drug-likeness (QED) is 0.830. The smallest absolute Gasteiger partial charge is 0.254 e. The number of carbonyl (C=O) groups is 1. The van der Waals surface area contributed by atoms with Crippen molar-refractivity contribution in [3.8, 4) is 11.3 Å². The van der Waals surface area contributed by atoms with Gasteiger partial charge in [-0.15, -0.1) is 0 Å². The molecule has 7 nitrogen and oxygen atoms in total. The molecular weight excluding hydrogens is 322 g/mol. The van der Waals surface area contributed by atoms with Crippen molar-refractivity contribution in [3.63, 3.8) is 0 Å². The van der Waals surface area contributed by atoms with Crippen molar-refractivity contribution >= 4 is 5.91 Å². The molecule has 25 heavy (non-hydrogen) atoms. The summed E-state index contributed by atoms with van der Waals surface area (Å²) in [5.74, 6) is -0.198. The van der Waals surface area contributed by atoms with Crippen LogP contribution in [0.15, 0.2) is 47.5 Å². The van der Waals surface area contributed by atoms with E-state index in [9.17, 15) is 14.7 Å². The number of aromatic nitrogens is 2. The molecule has 0 atom stereocenters. The summed E-state index contributed by atoms with van der Waals surface area (Å²) in [5, 5.41) is 19.2. The van der Waals surface area contributed by atoms with E-state index in [-0.39, 0.29) is 24.6 Å². The summed E-state index contributed by atoms with van der Waals surface area (Å²) in [6.45, 7) is 0.332. The molecule has 1 aliphatic rings. The maximum absolute atomic E-state index is 12.4. The van der Waals surface area contributed by atoms with Crippen LogP contribution in [-0.2, 0) is 11.3 Å². The van der Waals surface area contributed by atoms with Gasteiger partial charge in [-0.05, 0) is 12.8 Å². The topological polar surface area (TPSA) is 95.7 Å². The Hall–Kier alpha value is -2.51. The third-order valence-electron chi connectivity index (χ3n) is 4.60. The number of amides is 1. The molecular formula is C18H21N3O4. The van der Waals surface area contributed by atoms with Crippen LogP contribution in [0.2, 0.25) is 0 Å². The van der Waals surface area contributed by atoms with Gasteiger partial charge in [-0.2, -0.15) is 0 Å². The number of likely N-dealkylation sites (tertiary alicyclic amines) is 1. The van der Waals surface area contributed by atoms with Crippen molar-refractivity contribution in [2.75, 3.05) is 19.7 Å². The molecule has 1 saturated heterocycles. The maximum Gasteiger partial charge on any atom is 0.254 e. The Morgan fingerprint density at radius 2 is 1.88 bits per heavy atom. The van der Waals surface area contributed by atoms with Gasteiger partial charge >= 0.3 is 0 Å². The van der Waals surface area contributed by atoms with E-state index in [1.165, 1.54) is 17.0 Å². The fourth-order valence-corrected chi connectivity index (χ4v) is 2.89. The monoisotopic (exact) mass is 343 g/mol. The standard InChI is InChI=1S/C18H21N3O4/c22-12-18(25)6-8-20(9-7-18)17(24)11-21-13-19-15(10-16(21)23)14-4-2-1-3-5-14/h1-5,10,13,22,25H,6-9,11-12H2. The summed E-state index contributed by atoms with van der Waals surface area (Å²) in [6.07, 6.45) is 2.04. The van der Waals surface area contributed by atoms with E-state index in [1.807, 2.05) is 30.3 Å². The number of benzene rings is 1. The zero-order chi connectivity index (χ0) is 17.9. The molecule has 7 heteroatoms. The lowest BCUT2D eigenvalue weighted by Gasteiger charge is -2.37. The summed E-state index contributed by atoms with van der Waals surface area (Å²) in [7, 11) is 0. The molecule has 0 unspecified atom stereocenters. The first kappa shape index (κ1) is 17.3. The van der Waals surface area contributed by atoms with Crippen molar-refractivity contribution < 1.29 is 15.0 Å². The molecule has 1 amide bonds. The summed E-state index contributed by atoms with van der Waals surface area (Å²) in [5.41, 5.74) is 0.0238. The van der Waals surface area contributed by atoms with Crippen molar-refractivity contribution in [3.05, 3.63) is 53.1 Å². The summed E-state index contributed by atoms with van der Waals surface area (Å²) < 4.78 is 1.28. The maximum atomic E-state index is 12.4. The first-order valence-electron chi connectivity index (χ1n) is 8.24. The molecule has 2 aromatic rings. The van der Waals surface area contributed by atoms with Crippen molar-refractivity contribution in [2.45, 2.75) is 25.0 Å². The number of hydrogen-bond acceptors (Lipinski definition) is 5. The number of piperidine rings is 1. The number of hydrogen-bond donors (Lipinski definition) is 2. The predicted octanol–water partition coefficient (Wildman–Crippen LogP) is 0.256. The Morgan fingerprint density at radius 1 is 1.20 bits per heavy atom. The lowest BCUT2D eigenvalue weighted by atomic mass is 9.92. The second-order valence-corrected chi connectivity index (χ2v) is 6.37. The predicted molar refractivity (Wildman–Crippen MR) is 91.8 cm³/mol. The molecule has 1 aliphatic heterocycles. The second-order valence-electron chi connectivity index (χ2n) is 6.37. The highest BCUT2D eigenvalue weighted by atomic mass is 16.3. The van der Waals surface area contributed by atoms with E-state index in [0.29, 0.717) is 31.6 Å². The Bertz CT molecular complexity index is 795. The molecule has 0 spiro atoms. The molecule has 1 aromatic carbocycles. The fraction of sp³-hybridized carbons (Fsp3) is 0.389. The number of aliphatic hydroxyl groups is 2. The van der Waals surface area contributed by atoms with Crippen LogP contribution in [0.3, 0.4) is 0 Å². The molecule has 0 aliphatic carbocycles. The van der Waals surface area contributed by atoms with Crippen LogP contribution in [0.25, 0.3) is 11.3 Å². The van der Waals surface area contributed by atoms with Gasteiger partial charge < -0.3 is 15.1 Å². The lowest BCUT2D eigenvalue weighted by Crippen LogP contribution is -2.49. The third-order valence-corrected chi connectivity index (χ3v) is 4.60. The highest BCUT2D eigenvalue weighted by molar-refractivity contribution is 5.76. The van der Waals surface area contributed by atoms with Crippen molar-refractivity contribution in [1.29, 1.82) is 0 Å². The fourth-order valence-electron chi connectivity index (χ4n) is 2.89. The van der Waals surface area contributed by atoms with Gasteiger partial charge in [0.2, 0.25) is 5.91 Å². The van der Waals surface area contributed by atoms with Gasteiger partial charge in [0.1, 0.15) is 6.54 Å². The first-order chi connectivity index (χ1) is 12.0. The van der Waals surface area contributed by atoms with Crippen LogP contribution in [0.1, 0.15) is 12.8 Å². The highest BCUT2D eigenvalue weighted by Crippen LogP contribution is 2.21. The zero-order valence-electron chi connectivity index (χ0n) is 13.8. The van der Waals surface area contributed by atoms with Crippen LogP contribution < -0.4 is 5.56 Å². The number of nitrogens with zero attached hydrogens (tertiary/aromatic N) is 3. The average Bonchev–Trinajstić information content (AvgIpc) is 2.64. The Balaban J connectivity index is 1.67. The van der Waals surface area contributed by atoms with Crippen LogP contribution in [0, 0.1) is 0 Å². The largest absolute Gasteiger partial charge is 0.393 e. The Labute approximate surface area is 145 Å². The third kappa shape index (κ3) is 3.94. The molecule has 2 heterocycles. The SMILES string of the molecule is O=C(Cn1cnc(-c2ccccc2)cc1=O)N1CCC(O)(CO)CC1. The summed E-state index contributed by atoms with van der Waals surface area (Å²) in [4.78, 5) is 30.5. The molecule has 3 rings (SSSR count). The average molecular weight is 343 g/mol. The number of carbonyl (C=O) groups excluding carboxylic acids is 1. The van der Waals surface area contributed by atoms with Gasteiger partial charge in [0, 0.05) is 24.7 Å². The summed E-state index contributed by atoms with van der Waals surface area (Å²) >= 11 is 0. The molecule has 1 aromatic heterocycles. The van der Waals surface area contributed by atoms with Crippen LogP contribution in [0.4, 0.5) is 0 Å². The van der Waals surface area contributed by atoms with Gasteiger partial charge in [0.25, 0.3) is 5.56 Å². The van der Waals surface area contributed by atoms with Crippen molar-refractivity contribution in [1.82, 2.24) is 14.5 Å². The molecule has 0 radical (unpaired) electrons. The molecule has 132 valence electrons. The van der Waals surface area contributed by atoms with Gasteiger partial charge in [-0.3, -0.25) is 14.2 Å². The molecule has 0 saturated carbocycles. The highest BCUT2D eigenvalue weighted by Gasteiger charge is 2.33. The number of rotatable bonds is 4. The normalized spacial score (nSPS) is 16.6.